The summed E-state index contributed by atoms with van der Waals surface area (Å²) in [5.41, 5.74) is 7.03. The summed E-state index contributed by atoms with van der Waals surface area (Å²) in [6, 6.07) is 4.90. The van der Waals surface area contributed by atoms with Crippen molar-refractivity contribution in [1.29, 1.82) is 0 Å². The van der Waals surface area contributed by atoms with Crippen LogP contribution < -0.4 is 11.1 Å². The van der Waals surface area contributed by atoms with Gasteiger partial charge in [0.2, 0.25) is 0 Å². The van der Waals surface area contributed by atoms with Crippen LogP contribution >= 0.6 is 12.2 Å². The molecular formula is C13H17FN2S. The van der Waals surface area contributed by atoms with Gasteiger partial charge in [0.05, 0.1) is 0 Å². The maximum absolute atomic E-state index is 13.1. The maximum atomic E-state index is 13.1. The summed E-state index contributed by atoms with van der Waals surface area (Å²) in [4.78, 5) is 0.229. The summed E-state index contributed by atoms with van der Waals surface area (Å²) in [7, 11) is 0. The molecule has 0 saturated heterocycles. The van der Waals surface area contributed by atoms with Gasteiger partial charge in [0.25, 0.3) is 0 Å². The van der Waals surface area contributed by atoms with Crippen LogP contribution in [-0.4, -0.2) is 11.0 Å². The topological polar surface area (TPSA) is 38.0 Å². The maximum Gasteiger partial charge on any atom is 0.124 e. The molecule has 2 nitrogen and oxygen atoms in total. The SMILES string of the molecule is CC(Nc1ccc(F)cc1C(N)=S)C1CCC1. The molecule has 17 heavy (non-hydrogen) atoms. The highest BCUT2D eigenvalue weighted by molar-refractivity contribution is 7.80. The van der Waals surface area contributed by atoms with Crippen LogP contribution in [0.5, 0.6) is 0 Å². The summed E-state index contributed by atoms with van der Waals surface area (Å²) in [6.07, 6.45) is 3.83. The van der Waals surface area contributed by atoms with E-state index >= 15 is 0 Å². The van der Waals surface area contributed by atoms with E-state index in [0.717, 1.165) is 5.69 Å². The molecule has 2 rings (SSSR count). The Kier molecular flexibility index (Phi) is 3.62. The molecule has 4 heteroatoms. The molecule has 1 aromatic rings. The molecule has 1 aliphatic rings. The van der Waals surface area contributed by atoms with Crippen LogP contribution in [0.1, 0.15) is 31.7 Å². The van der Waals surface area contributed by atoms with E-state index in [1.165, 1.54) is 31.4 Å². The Morgan fingerprint density at radius 1 is 1.53 bits per heavy atom. The molecule has 1 aliphatic carbocycles. The molecule has 0 amide bonds. The molecule has 0 radical (unpaired) electrons. The lowest BCUT2D eigenvalue weighted by atomic mass is 9.80. The van der Waals surface area contributed by atoms with Crippen molar-refractivity contribution < 1.29 is 4.39 Å². The summed E-state index contributed by atoms with van der Waals surface area (Å²) in [6.45, 7) is 2.15. The van der Waals surface area contributed by atoms with Crippen molar-refractivity contribution in [2.45, 2.75) is 32.2 Å². The van der Waals surface area contributed by atoms with Crippen LogP contribution in [0.2, 0.25) is 0 Å². The molecule has 1 fully saturated rings. The smallest absolute Gasteiger partial charge is 0.124 e. The van der Waals surface area contributed by atoms with Crippen molar-refractivity contribution in [3.8, 4) is 0 Å². The molecule has 1 saturated carbocycles. The number of nitrogens with two attached hydrogens (primary N) is 1. The molecule has 1 atom stereocenters. The molecule has 1 aromatic carbocycles. The van der Waals surface area contributed by atoms with Gasteiger partial charge in [-0.25, -0.2) is 4.39 Å². The van der Waals surface area contributed by atoms with E-state index in [1.807, 2.05) is 0 Å². The molecule has 0 bridgehead atoms. The lowest BCUT2D eigenvalue weighted by Crippen LogP contribution is -2.31. The standard InChI is InChI=1S/C13H17FN2S/c1-8(9-3-2-4-9)16-12-6-5-10(14)7-11(12)13(15)17/h5-9,16H,2-4H2,1H3,(H2,15,17). The molecule has 0 spiro atoms. The van der Waals surface area contributed by atoms with Crippen molar-refractivity contribution in [2.75, 3.05) is 5.32 Å². The number of nitrogens with one attached hydrogen (secondary N) is 1. The first-order valence-electron chi connectivity index (χ1n) is 5.94. The van der Waals surface area contributed by atoms with Crippen LogP contribution in [-0.2, 0) is 0 Å². The first-order chi connectivity index (χ1) is 8.08. The highest BCUT2D eigenvalue weighted by Crippen LogP contribution is 2.31. The summed E-state index contributed by atoms with van der Waals surface area (Å²) in [5.74, 6) is 0.397. The first kappa shape index (κ1) is 12.3. The number of anilines is 1. The molecule has 0 aliphatic heterocycles. The number of hydrogen-bond acceptors (Lipinski definition) is 2. The Labute approximate surface area is 106 Å². The van der Waals surface area contributed by atoms with Gasteiger partial charge in [-0.3, -0.25) is 0 Å². The van der Waals surface area contributed by atoms with Crippen molar-refractivity contribution in [2.24, 2.45) is 11.7 Å². The van der Waals surface area contributed by atoms with E-state index in [4.69, 9.17) is 18.0 Å². The summed E-state index contributed by atoms with van der Waals surface area (Å²) >= 11 is 4.94. The molecule has 3 N–H and O–H groups in total. The van der Waals surface area contributed by atoms with Crippen LogP contribution in [0.3, 0.4) is 0 Å². The lowest BCUT2D eigenvalue weighted by Gasteiger charge is -2.33. The van der Waals surface area contributed by atoms with Gasteiger partial charge in [0.15, 0.2) is 0 Å². The van der Waals surface area contributed by atoms with E-state index in [0.29, 0.717) is 17.5 Å². The van der Waals surface area contributed by atoms with E-state index < -0.39 is 0 Å². The third-order valence-electron chi connectivity index (χ3n) is 3.49. The second kappa shape index (κ2) is 5.00. The minimum Gasteiger partial charge on any atom is -0.389 e. The zero-order valence-corrected chi connectivity index (χ0v) is 10.7. The monoisotopic (exact) mass is 252 g/mol. The zero-order chi connectivity index (χ0) is 12.4. The number of rotatable bonds is 4. The average molecular weight is 252 g/mol. The minimum atomic E-state index is -0.311. The fourth-order valence-electron chi connectivity index (χ4n) is 2.15. The fourth-order valence-corrected chi connectivity index (χ4v) is 2.32. The normalized spacial score (nSPS) is 17.3. The lowest BCUT2D eigenvalue weighted by molar-refractivity contribution is 0.285. The second-order valence-corrected chi connectivity index (χ2v) is 5.12. The van der Waals surface area contributed by atoms with Gasteiger partial charge in [0, 0.05) is 17.3 Å². The summed E-state index contributed by atoms with van der Waals surface area (Å²) in [5, 5.41) is 3.39. The second-order valence-electron chi connectivity index (χ2n) is 4.68. The minimum absolute atomic E-state index is 0.229. The van der Waals surface area contributed by atoms with Gasteiger partial charge in [-0.15, -0.1) is 0 Å². The fraction of sp³-hybridized carbons (Fsp3) is 0.462. The molecular weight excluding hydrogens is 235 g/mol. The Morgan fingerprint density at radius 2 is 2.24 bits per heavy atom. The largest absolute Gasteiger partial charge is 0.389 e. The van der Waals surface area contributed by atoms with E-state index in [-0.39, 0.29) is 10.8 Å². The van der Waals surface area contributed by atoms with Gasteiger partial charge in [-0.1, -0.05) is 18.6 Å². The van der Waals surface area contributed by atoms with Gasteiger partial charge in [-0.05, 0) is 43.9 Å². The molecule has 0 heterocycles. The van der Waals surface area contributed by atoms with Crippen molar-refractivity contribution in [3.05, 3.63) is 29.6 Å². The number of benzene rings is 1. The van der Waals surface area contributed by atoms with Gasteiger partial charge in [0.1, 0.15) is 10.8 Å². The van der Waals surface area contributed by atoms with Crippen LogP contribution in [0.4, 0.5) is 10.1 Å². The van der Waals surface area contributed by atoms with Gasteiger partial charge in [-0.2, -0.15) is 0 Å². The highest BCUT2D eigenvalue weighted by Gasteiger charge is 2.24. The zero-order valence-electron chi connectivity index (χ0n) is 9.87. The van der Waals surface area contributed by atoms with Gasteiger partial charge >= 0.3 is 0 Å². The van der Waals surface area contributed by atoms with Crippen molar-refractivity contribution in [1.82, 2.24) is 0 Å². The Morgan fingerprint density at radius 3 is 2.76 bits per heavy atom. The van der Waals surface area contributed by atoms with E-state index in [2.05, 4.69) is 12.2 Å². The van der Waals surface area contributed by atoms with Crippen molar-refractivity contribution in [3.63, 3.8) is 0 Å². The Balaban J connectivity index is 2.16. The predicted octanol–water partition coefficient (Wildman–Crippen LogP) is 3.06. The Hall–Kier alpha value is -1.16. The predicted molar refractivity (Wildman–Crippen MR) is 72.7 cm³/mol. The van der Waals surface area contributed by atoms with Crippen molar-refractivity contribution >= 4 is 22.9 Å². The molecule has 0 aromatic heterocycles. The molecule has 1 unspecified atom stereocenters. The average Bonchev–Trinajstić information content (AvgIpc) is 2.17. The van der Waals surface area contributed by atoms with Crippen LogP contribution in [0.15, 0.2) is 18.2 Å². The summed E-state index contributed by atoms with van der Waals surface area (Å²) < 4.78 is 13.1. The first-order valence-corrected chi connectivity index (χ1v) is 6.34. The third-order valence-corrected chi connectivity index (χ3v) is 3.71. The Bertz CT molecular complexity index is 429. The van der Waals surface area contributed by atoms with Crippen LogP contribution in [0, 0.1) is 11.7 Å². The quantitative estimate of drug-likeness (QED) is 0.809. The third kappa shape index (κ3) is 2.75. The van der Waals surface area contributed by atoms with Gasteiger partial charge < -0.3 is 11.1 Å². The number of hydrogen-bond donors (Lipinski definition) is 2. The highest BCUT2D eigenvalue weighted by atomic mass is 32.1. The molecule has 92 valence electrons. The number of halogens is 1. The number of thiocarbonyl (C=S) groups is 1. The van der Waals surface area contributed by atoms with E-state index in [9.17, 15) is 4.39 Å². The van der Waals surface area contributed by atoms with E-state index in [1.54, 1.807) is 6.07 Å². The van der Waals surface area contributed by atoms with Crippen LogP contribution in [0.25, 0.3) is 0 Å².